The second kappa shape index (κ2) is 8.91. The Morgan fingerprint density at radius 3 is 2.44 bits per heavy atom. The van der Waals surface area contributed by atoms with Crippen molar-refractivity contribution in [2.45, 2.75) is 12.7 Å². The largest absolute Gasteiger partial charge is 0.416 e. The molecule has 0 fully saturated rings. The first kappa shape index (κ1) is 21.5. The summed E-state index contributed by atoms with van der Waals surface area (Å²) in [5.41, 5.74) is -0.441. The fraction of sp³-hybridized carbons (Fsp3) is 0.333. The second-order valence-electron chi connectivity index (χ2n) is 6.19. The Morgan fingerprint density at radius 2 is 1.81 bits per heavy atom. The summed E-state index contributed by atoms with van der Waals surface area (Å²) in [7, 11) is 3.66. The van der Waals surface area contributed by atoms with Crippen molar-refractivity contribution in [3.63, 3.8) is 0 Å². The van der Waals surface area contributed by atoms with E-state index in [-0.39, 0.29) is 29.0 Å². The molecule has 0 spiro atoms. The van der Waals surface area contributed by atoms with Gasteiger partial charge in [-0.2, -0.15) is 13.2 Å². The first-order valence-corrected chi connectivity index (χ1v) is 8.75. The lowest BCUT2D eigenvalue weighted by Gasteiger charge is -2.25. The van der Waals surface area contributed by atoms with Crippen LogP contribution in [-0.4, -0.2) is 47.9 Å². The zero-order chi connectivity index (χ0) is 20.2. The van der Waals surface area contributed by atoms with E-state index in [4.69, 9.17) is 23.2 Å². The molecule has 27 heavy (non-hydrogen) atoms. The Bertz CT molecular complexity index is 813. The molecule has 0 aliphatic heterocycles. The van der Waals surface area contributed by atoms with Crippen molar-refractivity contribution in [3.05, 3.63) is 63.4 Å². The van der Waals surface area contributed by atoms with Crippen LogP contribution >= 0.6 is 23.2 Å². The molecular formula is C18H18Cl2F3N3O. The summed E-state index contributed by atoms with van der Waals surface area (Å²) in [5, 5.41) is 0.234. The van der Waals surface area contributed by atoms with Crippen molar-refractivity contribution in [1.82, 2.24) is 14.8 Å². The van der Waals surface area contributed by atoms with Crippen molar-refractivity contribution in [3.8, 4) is 0 Å². The van der Waals surface area contributed by atoms with E-state index in [0.717, 1.165) is 12.1 Å². The summed E-state index contributed by atoms with van der Waals surface area (Å²) < 4.78 is 38.9. The Kier molecular flexibility index (Phi) is 7.08. The fourth-order valence-electron chi connectivity index (χ4n) is 2.36. The summed E-state index contributed by atoms with van der Waals surface area (Å²) >= 11 is 11.9. The molecule has 0 saturated heterocycles. The highest BCUT2D eigenvalue weighted by Crippen LogP contribution is 2.30. The van der Waals surface area contributed by atoms with Crippen LogP contribution in [0.3, 0.4) is 0 Å². The minimum atomic E-state index is -4.45. The number of benzene rings is 1. The molecule has 0 unspecified atom stereocenters. The number of nitrogens with zero attached hydrogens (tertiary/aromatic N) is 3. The molecule has 0 atom stereocenters. The van der Waals surface area contributed by atoms with Gasteiger partial charge in [-0.25, -0.2) is 4.98 Å². The standard InChI is InChI=1S/C18H18Cl2F3N3O/c1-25(2)8-9-26(17(27)16-14(19)6-7-15(20)24-16)11-12-4-3-5-13(10-12)18(21,22)23/h3-7,10H,8-9,11H2,1-2H3. The monoisotopic (exact) mass is 419 g/mol. The van der Waals surface area contributed by atoms with Crippen LogP contribution in [0, 0.1) is 0 Å². The highest BCUT2D eigenvalue weighted by Gasteiger charge is 2.30. The number of amides is 1. The van der Waals surface area contributed by atoms with E-state index in [9.17, 15) is 18.0 Å². The minimum Gasteiger partial charge on any atom is -0.332 e. The Morgan fingerprint density at radius 1 is 1.11 bits per heavy atom. The molecule has 4 nitrogen and oxygen atoms in total. The summed E-state index contributed by atoms with van der Waals surface area (Å²) in [4.78, 5) is 20.1. The van der Waals surface area contributed by atoms with Gasteiger partial charge < -0.3 is 9.80 Å². The molecule has 1 amide bonds. The molecule has 2 aromatic rings. The lowest BCUT2D eigenvalue weighted by molar-refractivity contribution is -0.137. The molecule has 0 saturated carbocycles. The van der Waals surface area contributed by atoms with Crippen LogP contribution in [0.25, 0.3) is 0 Å². The summed E-state index contributed by atoms with van der Waals surface area (Å²) in [5.74, 6) is -0.498. The predicted octanol–water partition coefficient (Wildman–Crippen LogP) is 4.61. The number of hydrogen-bond acceptors (Lipinski definition) is 3. The van der Waals surface area contributed by atoms with Crippen molar-refractivity contribution in [1.29, 1.82) is 0 Å². The van der Waals surface area contributed by atoms with Crippen molar-refractivity contribution in [2.24, 2.45) is 0 Å². The van der Waals surface area contributed by atoms with Crippen molar-refractivity contribution in [2.75, 3.05) is 27.2 Å². The van der Waals surface area contributed by atoms with Gasteiger partial charge >= 0.3 is 6.18 Å². The number of pyridine rings is 1. The first-order chi connectivity index (χ1) is 12.6. The quantitative estimate of drug-likeness (QED) is 0.641. The normalized spacial score (nSPS) is 11.7. The predicted molar refractivity (Wildman–Crippen MR) is 99.0 cm³/mol. The van der Waals surface area contributed by atoms with Gasteiger partial charge in [0.05, 0.1) is 10.6 Å². The molecule has 1 aromatic carbocycles. The molecule has 0 bridgehead atoms. The number of carbonyl (C=O) groups excluding carboxylic acids is 1. The number of rotatable bonds is 6. The van der Waals surface area contributed by atoms with E-state index in [1.165, 1.54) is 29.2 Å². The van der Waals surface area contributed by atoms with Crippen LogP contribution < -0.4 is 0 Å². The van der Waals surface area contributed by atoms with Crippen LogP contribution in [0.1, 0.15) is 21.6 Å². The summed E-state index contributed by atoms with van der Waals surface area (Å²) in [6.07, 6.45) is -4.45. The second-order valence-corrected chi connectivity index (χ2v) is 6.99. The van der Waals surface area contributed by atoms with Crippen LogP contribution in [0.4, 0.5) is 13.2 Å². The SMILES string of the molecule is CN(C)CCN(Cc1cccc(C(F)(F)F)c1)C(=O)c1nc(Cl)ccc1Cl. The summed E-state index contributed by atoms with van der Waals surface area (Å²) in [6.45, 7) is 0.788. The zero-order valence-corrected chi connectivity index (χ0v) is 16.2. The van der Waals surface area contributed by atoms with E-state index in [2.05, 4.69) is 4.98 Å². The molecule has 0 N–H and O–H groups in total. The Hall–Kier alpha value is -1.83. The maximum atomic E-state index is 13.0. The topological polar surface area (TPSA) is 36.4 Å². The first-order valence-electron chi connectivity index (χ1n) is 8.00. The number of halogens is 5. The average molecular weight is 420 g/mol. The molecule has 1 aromatic heterocycles. The van der Waals surface area contributed by atoms with Gasteiger partial charge in [0.15, 0.2) is 0 Å². The molecule has 1 heterocycles. The minimum absolute atomic E-state index is 0.0128. The van der Waals surface area contributed by atoms with Gasteiger partial charge in [-0.15, -0.1) is 0 Å². The molecule has 0 aliphatic carbocycles. The molecule has 0 aliphatic rings. The van der Waals surface area contributed by atoms with Crippen molar-refractivity contribution < 1.29 is 18.0 Å². The highest BCUT2D eigenvalue weighted by molar-refractivity contribution is 6.34. The third kappa shape index (κ3) is 6.09. The smallest absolute Gasteiger partial charge is 0.332 e. The van der Waals surface area contributed by atoms with Gasteiger partial charge in [0.2, 0.25) is 0 Å². The number of likely N-dealkylation sites (N-methyl/N-ethyl adjacent to an activating group) is 1. The van der Waals surface area contributed by atoms with E-state index in [1.54, 1.807) is 0 Å². The lowest BCUT2D eigenvalue weighted by Crippen LogP contribution is -2.37. The van der Waals surface area contributed by atoms with E-state index >= 15 is 0 Å². The van der Waals surface area contributed by atoms with E-state index in [0.29, 0.717) is 12.1 Å². The molecule has 0 radical (unpaired) electrons. The number of hydrogen-bond donors (Lipinski definition) is 0. The Labute approximate surface area is 165 Å². The Balaban J connectivity index is 2.32. The third-order valence-corrected chi connectivity index (χ3v) is 4.26. The van der Waals surface area contributed by atoms with Crippen LogP contribution in [0.15, 0.2) is 36.4 Å². The van der Waals surface area contributed by atoms with Crippen molar-refractivity contribution >= 4 is 29.1 Å². The van der Waals surface area contributed by atoms with Gasteiger partial charge in [-0.05, 0) is 43.9 Å². The van der Waals surface area contributed by atoms with Gasteiger partial charge in [0.25, 0.3) is 5.91 Å². The highest BCUT2D eigenvalue weighted by atomic mass is 35.5. The lowest BCUT2D eigenvalue weighted by atomic mass is 10.1. The summed E-state index contributed by atoms with van der Waals surface area (Å²) in [6, 6.07) is 7.79. The third-order valence-electron chi connectivity index (χ3n) is 3.75. The number of aromatic nitrogens is 1. The van der Waals surface area contributed by atoms with Gasteiger partial charge in [0, 0.05) is 19.6 Å². The van der Waals surface area contributed by atoms with E-state index < -0.39 is 17.6 Å². The number of alkyl halides is 3. The van der Waals surface area contributed by atoms with Gasteiger partial charge in [-0.1, -0.05) is 35.3 Å². The maximum Gasteiger partial charge on any atom is 0.416 e. The molecular weight excluding hydrogens is 402 g/mol. The van der Waals surface area contributed by atoms with Crippen LogP contribution in [0.5, 0.6) is 0 Å². The average Bonchev–Trinajstić information content (AvgIpc) is 2.59. The van der Waals surface area contributed by atoms with Crippen LogP contribution in [0.2, 0.25) is 10.2 Å². The van der Waals surface area contributed by atoms with Crippen LogP contribution in [-0.2, 0) is 12.7 Å². The fourth-order valence-corrected chi connectivity index (χ4v) is 2.69. The van der Waals surface area contributed by atoms with E-state index in [1.807, 2.05) is 19.0 Å². The van der Waals surface area contributed by atoms with Gasteiger partial charge in [0.1, 0.15) is 10.8 Å². The number of carbonyl (C=O) groups is 1. The molecule has 9 heteroatoms. The zero-order valence-electron chi connectivity index (χ0n) is 14.7. The molecule has 2 rings (SSSR count). The molecule has 146 valence electrons. The maximum absolute atomic E-state index is 13.0. The van der Waals surface area contributed by atoms with Gasteiger partial charge in [-0.3, -0.25) is 4.79 Å².